The Hall–Kier alpha value is -3.36. The van der Waals surface area contributed by atoms with E-state index in [9.17, 15) is 9.59 Å². The molecule has 0 aliphatic carbocycles. The quantitative estimate of drug-likeness (QED) is 0.306. The second-order valence-electron chi connectivity index (χ2n) is 9.06. The Morgan fingerprint density at radius 2 is 1.78 bits per heavy atom. The number of ether oxygens (including phenoxy) is 3. The number of carbonyl (C=O) groups excluding carboxylic acids is 2. The molecule has 37 heavy (non-hydrogen) atoms. The van der Waals surface area contributed by atoms with Crippen LogP contribution in [0.15, 0.2) is 53.9 Å². The van der Waals surface area contributed by atoms with E-state index in [0.29, 0.717) is 56.3 Å². The molecule has 2 heterocycles. The van der Waals surface area contributed by atoms with Crippen LogP contribution < -0.4 is 9.47 Å². The lowest BCUT2D eigenvalue weighted by atomic mass is 10.1. The molecule has 2 aromatic carbocycles. The van der Waals surface area contributed by atoms with Gasteiger partial charge in [-0.05, 0) is 73.5 Å². The lowest BCUT2D eigenvalue weighted by molar-refractivity contribution is -0.133. The highest BCUT2D eigenvalue weighted by Crippen LogP contribution is 2.33. The molecule has 1 aliphatic rings. The number of benzene rings is 2. The molecule has 0 bridgehead atoms. The number of thiophene rings is 1. The minimum Gasteiger partial charge on any atom is -0.454 e. The average Bonchev–Trinajstić information content (AvgIpc) is 3.53. The van der Waals surface area contributed by atoms with Gasteiger partial charge in [-0.1, -0.05) is 24.3 Å². The molecule has 0 radical (unpaired) electrons. The zero-order valence-electron chi connectivity index (χ0n) is 21.7. The molecule has 196 valence electrons. The van der Waals surface area contributed by atoms with Gasteiger partial charge in [0.25, 0.3) is 5.91 Å². The van der Waals surface area contributed by atoms with Crippen LogP contribution in [0.2, 0.25) is 0 Å². The molecule has 0 spiro atoms. The third-order valence-electron chi connectivity index (χ3n) is 6.38. The number of amides is 2. The molecule has 0 unspecified atom stereocenters. The lowest BCUT2D eigenvalue weighted by Gasteiger charge is -2.28. The number of hydrogen-bond donors (Lipinski definition) is 0. The third-order valence-corrected chi connectivity index (χ3v) is 7.38. The molecular formula is C29H34N2O5S. The summed E-state index contributed by atoms with van der Waals surface area (Å²) in [6.45, 7) is 8.58. The summed E-state index contributed by atoms with van der Waals surface area (Å²) in [6.07, 6.45) is 0.658. The fourth-order valence-electron chi connectivity index (χ4n) is 4.23. The number of carbonyl (C=O) groups is 2. The number of aryl methyl sites for hydroxylation is 2. The van der Waals surface area contributed by atoms with Crippen molar-refractivity contribution >= 4 is 23.2 Å². The third kappa shape index (κ3) is 6.90. The van der Waals surface area contributed by atoms with Gasteiger partial charge >= 0.3 is 0 Å². The Morgan fingerprint density at radius 3 is 2.54 bits per heavy atom. The Kier molecular flexibility index (Phi) is 9.19. The molecule has 4 rings (SSSR count). The normalized spacial score (nSPS) is 12.0. The van der Waals surface area contributed by atoms with Gasteiger partial charge in [0.05, 0.1) is 6.54 Å². The van der Waals surface area contributed by atoms with E-state index in [1.165, 1.54) is 0 Å². The summed E-state index contributed by atoms with van der Waals surface area (Å²) in [5, 5.41) is 2.04. The molecule has 7 nitrogen and oxygen atoms in total. The van der Waals surface area contributed by atoms with E-state index in [0.717, 1.165) is 21.6 Å². The molecule has 0 N–H and O–H groups in total. The maximum atomic E-state index is 13.8. The smallest absolute Gasteiger partial charge is 0.254 e. The van der Waals surface area contributed by atoms with Crippen LogP contribution in [-0.2, 0) is 22.6 Å². The van der Waals surface area contributed by atoms with Crippen LogP contribution in [0.25, 0.3) is 0 Å². The van der Waals surface area contributed by atoms with Crippen molar-refractivity contribution in [2.45, 2.75) is 40.3 Å². The van der Waals surface area contributed by atoms with Gasteiger partial charge in [-0.2, -0.15) is 0 Å². The van der Waals surface area contributed by atoms with Crippen molar-refractivity contribution in [3.8, 4) is 11.5 Å². The lowest BCUT2D eigenvalue weighted by Crippen LogP contribution is -2.43. The SMILES string of the molecule is CCOCCCN(CC(=O)N(Cc1ccc2c(c1)OCO2)Cc1sccc1C)C(=O)c1ccccc1C. The predicted molar refractivity (Wildman–Crippen MR) is 144 cm³/mol. The molecular weight excluding hydrogens is 488 g/mol. The number of nitrogens with zero attached hydrogens (tertiary/aromatic N) is 2. The molecule has 0 saturated carbocycles. The van der Waals surface area contributed by atoms with Crippen LogP contribution in [0.1, 0.15) is 45.3 Å². The second-order valence-corrected chi connectivity index (χ2v) is 10.1. The predicted octanol–water partition coefficient (Wildman–Crippen LogP) is 5.19. The topological polar surface area (TPSA) is 68.3 Å². The van der Waals surface area contributed by atoms with Crippen LogP contribution in [0.5, 0.6) is 11.5 Å². The molecule has 0 fully saturated rings. The minimum atomic E-state index is -0.140. The van der Waals surface area contributed by atoms with Crippen LogP contribution in [0, 0.1) is 13.8 Å². The molecule has 8 heteroatoms. The summed E-state index contributed by atoms with van der Waals surface area (Å²) in [4.78, 5) is 31.9. The van der Waals surface area contributed by atoms with E-state index in [2.05, 4.69) is 13.0 Å². The van der Waals surface area contributed by atoms with Crippen molar-refractivity contribution in [2.24, 2.45) is 0 Å². The Balaban J connectivity index is 1.55. The first-order chi connectivity index (χ1) is 18.0. The summed E-state index contributed by atoms with van der Waals surface area (Å²) in [7, 11) is 0. The fourth-order valence-corrected chi connectivity index (χ4v) is 5.15. The first kappa shape index (κ1) is 26.7. The first-order valence-corrected chi connectivity index (χ1v) is 13.5. The number of hydrogen-bond acceptors (Lipinski definition) is 6. The molecule has 0 saturated heterocycles. The van der Waals surface area contributed by atoms with Gasteiger partial charge in [0, 0.05) is 36.7 Å². The minimum absolute atomic E-state index is 0.00569. The maximum Gasteiger partial charge on any atom is 0.254 e. The largest absolute Gasteiger partial charge is 0.454 e. The van der Waals surface area contributed by atoms with Crippen LogP contribution in [0.4, 0.5) is 0 Å². The van der Waals surface area contributed by atoms with Gasteiger partial charge in [-0.3, -0.25) is 9.59 Å². The van der Waals surface area contributed by atoms with E-state index >= 15 is 0 Å². The summed E-state index contributed by atoms with van der Waals surface area (Å²) in [6, 6.07) is 15.3. The number of rotatable bonds is 12. The van der Waals surface area contributed by atoms with E-state index in [-0.39, 0.29) is 25.2 Å². The van der Waals surface area contributed by atoms with Crippen LogP contribution in [0.3, 0.4) is 0 Å². The van der Waals surface area contributed by atoms with Gasteiger partial charge in [-0.25, -0.2) is 0 Å². The molecule has 3 aromatic rings. The summed E-state index contributed by atoms with van der Waals surface area (Å²) in [5.74, 6) is 1.15. The highest BCUT2D eigenvalue weighted by atomic mass is 32.1. The summed E-state index contributed by atoms with van der Waals surface area (Å²) in [5.41, 5.74) is 3.60. The second kappa shape index (κ2) is 12.7. The van der Waals surface area contributed by atoms with Gasteiger partial charge in [0.15, 0.2) is 11.5 Å². The van der Waals surface area contributed by atoms with Crippen molar-refractivity contribution in [3.05, 3.63) is 81.0 Å². The highest BCUT2D eigenvalue weighted by molar-refractivity contribution is 7.10. The van der Waals surface area contributed by atoms with Gasteiger partial charge in [0.1, 0.15) is 6.54 Å². The number of fused-ring (bicyclic) bond motifs is 1. The molecule has 0 atom stereocenters. The first-order valence-electron chi connectivity index (χ1n) is 12.6. The Labute approximate surface area is 222 Å². The van der Waals surface area contributed by atoms with Crippen LogP contribution in [-0.4, -0.2) is 54.7 Å². The molecule has 1 aromatic heterocycles. The van der Waals surface area contributed by atoms with Gasteiger partial charge < -0.3 is 24.0 Å². The van der Waals surface area contributed by atoms with Crippen molar-refractivity contribution in [2.75, 3.05) is 33.1 Å². The van der Waals surface area contributed by atoms with E-state index in [1.54, 1.807) is 16.2 Å². The van der Waals surface area contributed by atoms with Crippen molar-refractivity contribution in [1.82, 2.24) is 9.80 Å². The van der Waals surface area contributed by atoms with E-state index in [4.69, 9.17) is 14.2 Å². The Morgan fingerprint density at radius 1 is 0.973 bits per heavy atom. The Bertz CT molecular complexity index is 1220. The van der Waals surface area contributed by atoms with Crippen molar-refractivity contribution < 1.29 is 23.8 Å². The van der Waals surface area contributed by atoms with E-state index in [1.807, 2.05) is 66.6 Å². The molecule has 2 amide bonds. The zero-order valence-corrected chi connectivity index (χ0v) is 22.5. The average molecular weight is 523 g/mol. The van der Waals surface area contributed by atoms with Crippen molar-refractivity contribution in [1.29, 1.82) is 0 Å². The summed E-state index contributed by atoms with van der Waals surface area (Å²) < 4.78 is 16.5. The summed E-state index contributed by atoms with van der Waals surface area (Å²) >= 11 is 1.63. The van der Waals surface area contributed by atoms with Gasteiger partial charge in [-0.15, -0.1) is 11.3 Å². The van der Waals surface area contributed by atoms with Gasteiger partial charge in [0.2, 0.25) is 12.7 Å². The van der Waals surface area contributed by atoms with Crippen molar-refractivity contribution in [3.63, 3.8) is 0 Å². The zero-order chi connectivity index (χ0) is 26.2. The maximum absolute atomic E-state index is 13.8. The monoisotopic (exact) mass is 522 g/mol. The standard InChI is InChI=1S/C29H34N2O5S/c1-4-34-14-7-13-30(29(33)24-9-6-5-8-21(24)2)19-28(32)31(18-27-22(3)12-15-37-27)17-23-10-11-25-26(16-23)36-20-35-25/h5-6,8-12,15-16H,4,7,13-14,17-20H2,1-3H3. The fraction of sp³-hybridized carbons (Fsp3) is 0.379. The highest BCUT2D eigenvalue weighted by Gasteiger charge is 2.25. The van der Waals surface area contributed by atoms with E-state index < -0.39 is 0 Å². The van der Waals surface area contributed by atoms with Crippen LogP contribution >= 0.6 is 11.3 Å². The molecule has 1 aliphatic heterocycles.